The van der Waals surface area contributed by atoms with Crippen LogP contribution in [0.2, 0.25) is 0 Å². The monoisotopic (exact) mass is 722 g/mol. The van der Waals surface area contributed by atoms with Crippen LogP contribution >= 0.6 is 56.9 Å². The van der Waals surface area contributed by atoms with Gasteiger partial charge < -0.3 is 22.1 Å². The van der Waals surface area contributed by atoms with Crippen molar-refractivity contribution in [3.8, 4) is 5.75 Å². The highest BCUT2D eigenvalue weighted by molar-refractivity contribution is 14.1. The minimum absolute atomic E-state index is 0. The van der Waals surface area contributed by atoms with Gasteiger partial charge >= 0.3 is 5.17 Å². The Hall–Kier alpha value is -1.11. The molecule has 3 rings (SSSR count). The van der Waals surface area contributed by atoms with Crippen molar-refractivity contribution in [1.29, 1.82) is 0 Å². The third kappa shape index (κ3) is 7.76. The van der Waals surface area contributed by atoms with Crippen LogP contribution in [0.25, 0.3) is 0 Å². The van der Waals surface area contributed by atoms with Crippen molar-refractivity contribution in [2.24, 2.45) is 0 Å². The lowest BCUT2D eigenvalue weighted by atomic mass is 10.1. The molecule has 0 aromatic heterocycles. The van der Waals surface area contributed by atoms with Gasteiger partial charge in [0.15, 0.2) is 5.78 Å². The van der Waals surface area contributed by atoms with Gasteiger partial charge in [-0.2, -0.15) is 0 Å². The predicted octanol–water partition coefficient (Wildman–Crippen LogP) is 2.83. The van der Waals surface area contributed by atoms with Crippen LogP contribution in [0.15, 0.2) is 72.8 Å². The fourth-order valence-corrected chi connectivity index (χ4v) is 5.55. The van der Waals surface area contributed by atoms with Gasteiger partial charge in [-0.15, -0.1) is 0 Å². The Labute approximate surface area is 224 Å². The Kier molecular flexibility index (Phi) is 10.8. The number of benzene rings is 3. The molecule has 0 bridgehead atoms. The van der Waals surface area contributed by atoms with Crippen LogP contribution in [0, 0.1) is 7.14 Å². The van der Waals surface area contributed by atoms with Gasteiger partial charge in [0.05, 0.1) is 21.9 Å². The summed E-state index contributed by atoms with van der Waals surface area (Å²) in [5, 5.41) is 14.6. The second-order valence-corrected chi connectivity index (χ2v) is 10.0. The molecule has 0 aliphatic carbocycles. The van der Waals surface area contributed by atoms with Crippen molar-refractivity contribution in [3.05, 3.63) is 91.1 Å². The third-order valence-electron chi connectivity index (χ3n) is 4.30. The number of hydrogen-bond acceptors (Lipinski definition) is 3. The number of aromatic hydroxyl groups is 1. The van der Waals surface area contributed by atoms with E-state index in [0.717, 1.165) is 14.4 Å². The first-order chi connectivity index (χ1) is 14.4. The van der Waals surface area contributed by atoms with Crippen LogP contribution in [0.5, 0.6) is 5.75 Å². The summed E-state index contributed by atoms with van der Waals surface area (Å²) >= 11 is 5.64. The van der Waals surface area contributed by atoms with Crippen molar-refractivity contribution in [1.82, 2.24) is 0 Å². The van der Waals surface area contributed by atoms with E-state index < -0.39 is 0 Å². The first-order valence-electron chi connectivity index (χ1n) is 9.22. The molecule has 0 saturated heterocycles. The number of phenolic OH excluding ortho intramolecular Hbond substituents is 1. The molecule has 8 heteroatoms. The van der Waals surface area contributed by atoms with Gasteiger partial charge in [0.1, 0.15) is 18.0 Å². The van der Waals surface area contributed by atoms with Gasteiger partial charge in [0.25, 0.3) is 0 Å². The lowest BCUT2D eigenvalue weighted by molar-refractivity contribution is -0.511. The minimum atomic E-state index is -0.102. The molecule has 0 radical (unpaired) electrons. The molecule has 0 amide bonds. The van der Waals surface area contributed by atoms with E-state index in [1.54, 1.807) is 6.07 Å². The van der Waals surface area contributed by atoms with Crippen molar-refractivity contribution < 1.29 is 31.5 Å². The second kappa shape index (κ2) is 12.8. The fraction of sp³-hybridized carbons (Fsp3) is 0.130. The molecule has 0 atom stereocenters. The number of nitrogens with zero attached hydrogens (tertiary/aromatic N) is 1. The number of thioether (sulfide) groups is 1. The summed E-state index contributed by atoms with van der Waals surface area (Å²) < 4.78 is 3.70. The quantitative estimate of drug-likeness (QED) is 0.135. The predicted molar refractivity (Wildman–Crippen MR) is 142 cm³/mol. The van der Waals surface area contributed by atoms with Crippen molar-refractivity contribution in [3.63, 3.8) is 0 Å². The number of Topliss-reactive ketones (excluding diaryl/α,β-unsaturated/α-hetero) is 1. The molecule has 0 spiro atoms. The van der Waals surface area contributed by atoms with Crippen LogP contribution in [0.3, 0.4) is 0 Å². The number of phenols is 1. The van der Waals surface area contributed by atoms with E-state index in [-0.39, 0.29) is 34.3 Å². The van der Waals surface area contributed by atoms with Gasteiger partial charge in [0, 0.05) is 3.57 Å². The molecule has 4 nitrogen and oxygen atoms in total. The highest BCUT2D eigenvalue weighted by Gasteiger charge is 2.20. The highest BCUT2D eigenvalue weighted by Crippen LogP contribution is 2.28. The van der Waals surface area contributed by atoms with E-state index >= 15 is 0 Å². The Morgan fingerprint density at radius 1 is 1.03 bits per heavy atom. The molecule has 0 aliphatic rings. The molecule has 0 aliphatic heterocycles. The van der Waals surface area contributed by atoms with Crippen LogP contribution < -0.4 is 22.3 Å². The lowest BCUT2D eigenvalue weighted by Crippen LogP contribution is -3.00. The summed E-state index contributed by atoms with van der Waals surface area (Å²) in [5.74, 6) is 0.170. The van der Waals surface area contributed by atoms with Gasteiger partial charge in [-0.05, 0) is 86.8 Å². The molecule has 0 heterocycles. The van der Waals surface area contributed by atoms with E-state index in [1.807, 2.05) is 84.2 Å². The summed E-state index contributed by atoms with van der Waals surface area (Å²) in [7, 11) is 2.00. The first kappa shape index (κ1) is 26.1. The Morgan fingerprint density at radius 3 is 2.29 bits per heavy atom. The normalized spacial score (nSPS) is 11.3. The molecule has 2 N–H and O–H groups in total. The van der Waals surface area contributed by atoms with Gasteiger partial charge in [0.2, 0.25) is 0 Å². The van der Waals surface area contributed by atoms with E-state index in [0.29, 0.717) is 15.7 Å². The Morgan fingerprint density at radius 2 is 1.65 bits per heavy atom. The van der Waals surface area contributed by atoms with E-state index in [2.05, 4.69) is 44.6 Å². The van der Waals surface area contributed by atoms with Crippen molar-refractivity contribution >= 4 is 73.6 Å². The Balaban J connectivity index is 0.00000341. The van der Waals surface area contributed by atoms with E-state index in [4.69, 9.17) is 0 Å². The molecule has 162 valence electrons. The number of nitrogens with one attached hydrogen (secondary N) is 1. The summed E-state index contributed by atoms with van der Waals surface area (Å²) in [6.07, 6.45) is 0. The van der Waals surface area contributed by atoms with Crippen LogP contribution in [-0.4, -0.2) is 33.4 Å². The molecule has 3 aromatic rings. The van der Waals surface area contributed by atoms with E-state index in [9.17, 15) is 9.90 Å². The maximum atomic E-state index is 12.9. The second-order valence-electron chi connectivity index (χ2n) is 6.63. The first-order valence-corrected chi connectivity index (χ1v) is 12.4. The molecule has 0 fully saturated rings. The number of hydrogen-bond donors (Lipinski definition) is 2. The smallest absolute Gasteiger partial charge is 0.311 e. The topological polar surface area (TPSA) is 52.3 Å². The number of carbonyl (C=O) groups is 1. The number of anilines is 1. The number of rotatable bonds is 6. The maximum absolute atomic E-state index is 12.9. The standard InChI is InChI=1S/C23H20I2N2O2S.BrH/c1-27(14-16-8-4-2-5-9-16)23(26-18-10-6-3-7-11-18)30-15-21(28)19-12-17(24)13-20(25)22(19)29;/h2-13H,14-15H2,1H3,(H,28,29);1H. The number of para-hydroxylation sites is 1. The number of carbonyl (C=O) groups excluding carboxylic acids is 1. The highest BCUT2D eigenvalue weighted by atomic mass is 127. The zero-order valence-electron chi connectivity index (χ0n) is 16.7. The molecular weight excluding hydrogens is 702 g/mol. The molecule has 31 heavy (non-hydrogen) atoms. The number of halogens is 3. The fourth-order valence-electron chi connectivity index (χ4n) is 2.81. The van der Waals surface area contributed by atoms with Gasteiger partial charge in [-0.25, -0.2) is 5.32 Å². The SMILES string of the molecule is C[N+](Cc1ccccc1)=C(Nc1ccccc1)SCC(=O)c1cc(I)cc(I)c1O.[Br-]. The molecule has 0 saturated carbocycles. The van der Waals surface area contributed by atoms with Crippen molar-refractivity contribution in [2.75, 3.05) is 18.1 Å². The minimum Gasteiger partial charge on any atom is -1.00 e. The van der Waals surface area contributed by atoms with E-state index in [1.165, 1.54) is 17.3 Å². The van der Waals surface area contributed by atoms with Gasteiger partial charge in [-0.1, -0.05) is 48.5 Å². The zero-order valence-corrected chi connectivity index (χ0v) is 23.4. The third-order valence-corrected chi connectivity index (χ3v) is 6.84. The summed E-state index contributed by atoms with van der Waals surface area (Å²) in [6.45, 7) is 0.712. The maximum Gasteiger partial charge on any atom is 0.311 e. The Bertz CT molecular complexity index is 1060. The van der Waals surface area contributed by atoms with Crippen LogP contribution in [0.4, 0.5) is 5.69 Å². The molecule has 3 aromatic carbocycles. The molecular formula is C23H21BrI2N2O2S. The summed E-state index contributed by atoms with van der Waals surface area (Å²) in [6, 6.07) is 23.7. The van der Waals surface area contributed by atoms with Gasteiger partial charge in [-0.3, -0.25) is 9.37 Å². The molecule has 0 unspecified atom stereocenters. The summed E-state index contributed by atoms with van der Waals surface area (Å²) in [4.78, 5) is 12.9. The van der Waals surface area contributed by atoms with Crippen molar-refractivity contribution in [2.45, 2.75) is 6.54 Å². The largest absolute Gasteiger partial charge is 1.00 e. The number of amidine groups is 1. The number of ketones is 1. The average Bonchev–Trinajstić information content (AvgIpc) is 2.74. The van der Waals surface area contributed by atoms with Crippen LogP contribution in [-0.2, 0) is 6.54 Å². The summed E-state index contributed by atoms with van der Waals surface area (Å²) in [5.41, 5.74) is 2.51. The average molecular weight is 723 g/mol. The zero-order chi connectivity index (χ0) is 21.5. The lowest BCUT2D eigenvalue weighted by Gasteiger charge is -2.10. The van der Waals surface area contributed by atoms with Crippen LogP contribution in [0.1, 0.15) is 15.9 Å².